The number of nitrogens with zero attached hydrogens (tertiary/aromatic N) is 1. The van der Waals surface area contributed by atoms with Gasteiger partial charge in [0.05, 0.1) is 27.4 Å². The van der Waals surface area contributed by atoms with Crippen molar-refractivity contribution in [3.63, 3.8) is 0 Å². The standard InChI is InChI=1S/C22H32N2O4S/c1-25-19-13-17(14-20(26-2)21(19)27-3)18-12-16(6-9-23-18)15-24-10-7-22(28-4,29-5)8-11-24/h6,9,12-14,18,23H,7-8,10-11,15H2,1-5H3. The predicted octanol–water partition coefficient (Wildman–Crippen LogP) is 3.60. The zero-order valence-corrected chi connectivity index (χ0v) is 18.8. The first-order valence-corrected chi connectivity index (χ1v) is 11.1. The molecule has 1 unspecified atom stereocenters. The highest BCUT2D eigenvalue weighted by Crippen LogP contribution is 2.40. The SMILES string of the molecule is COc1cc(C2C=C(CN3CCC(OC)(SC)CC3)C=CN2)cc(OC)c1OC. The van der Waals surface area contributed by atoms with Gasteiger partial charge in [0, 0.05) is 26.7 Å². The predicted molar refractivity (Wildman–Crippen MR) is 118 cm³/mol. The lowest BCUT2D eigenvalue weighted by molar-refractivity contribution is 0.0164. The Balaban J connectivity index is 1.73. The molecule has 6 nitrogen and oxygen atoms in total. The molecule has 2 aliphatic rings. The Morgan fingerprint density at radius 2 is 1.72 bits per heavy atom. The number of thioether (sulfide) groups is 1. The molecule has 1 N–H and O–H groups in total. The first kappa shape index (κ1) is 21.9. The summed E-state index contributed by atoms with van der Waals surface area (Å²) in [6.45, 7) is 3.03. The minimum atomic E-state index is -0.0203. The van der Waals surface area contributed by atoms with E-state index in [-0.39, 0.29) is 11.0 Å². The summed E-state index contributed by atoms with van der Waals surface area (Å²) in [6.07, 6.45) is 10.7. The van der Waals surface area contributed by atoms with Crippen LogP contribution >= 0.6 is 11.8 Å². The van der Waals surface area contributed by atoms with Crippen LogP contribution < -0.4 is 19.5 Å². The van der Waals surface area contributed by atoms with Crippen LogP contribution in [0, 0.1) is 0 Å². The molecular formula is C22H32N2O4S. The number of benzene rings is 1. The molecule has 0 radical (unpaired) electrons. The van der Waals surface area contributed by atoms with Crippen LogP contribution in [0.15, 0.2) is 36.1 Å². The lowest BCUT2D eigenvalue weighted by Crippen LogP contribution is -2.44. The fourth-order valence-electron chi connectivity index (χ4n) is 3.96. The smallest absolute Gasteiger partial charge is 0.203 e. The van der Waals surface area contributed by atoms with Crippen LogP contribution in [0.5, 0.6) is 17.2 Å². The van der Waals surface area contributed by atoms with Crippen molar-refractivity contribution in [3.05, 3.63) is 41.6 Å². The number of likely N-dealkylation sites (tertiary alicyclic amines) is 1. The Kier molecular flexibility index (Phi) is 7.38. The van der Waals surface area contributed by atoms with Crippen molar-refractivity contribution in [1.82, 2.24) is 10.2 Å². The van der Waals surface area contributed by atoms with Gasteiger partial charge in [-0.05, 0) is 54.6 Å². The van der Waals surface area contributed by atoms with Crippen molar-refractivity contribution in [3.8, 4) is 17.2 Å². The van der Waals surface area contributed by atoms with Gasteiger partial charge in [0.1, 0.15) is 4.93 Å². The summed E-state index contributed by atoms with van der Waals surface area (Å²) in [6, 6.07) is 4.05. The largest absolute Gasteiger partial charge is 0.493 e. The van der Waals surface area contributed by atoms with Crippen molar-refractivity contribution in [1.29, 1.82) is 0 Å². The zero-order valence-electron chi connectivity index (χ0n) is 18.0. The van der Waals surface area contributed by atoms with Gasteiger partial charge in [-0.25, -0.2) is 0 Å². The van der Waals surface area contributed by atoms with Gasteiger partial charge in [-0.15, -0.1) is 11.8 Å². The van der Waals surface area contributed by atoms with E-state index >= 15 is 0 Å². The monoisotopic (exact) mass is 420 g/mol. The van der Waals surface area contributed by atoms with Crippen LogP contribution in [0.3, 0.4) is 0 Å². The average molecular weight is 421 g/mol. The first-order chi connectivity index (χ1) is 14.1. The van der Waals surface area contributed by atoms with Gasteiger partial charge in [0.25, 0.3) is 0 Å². The van der Waals surface area contributed by atoms with E-state index in [1.165, 1.54) is 5.57 Å². The fourth-order valence-corrected chi connectivity index (χ4v) is 4.71. The highest BCUT2D eigenvalue weighted by Gasteiger charge is 2.33. The minimum Gasteiger partial charge on any atom is -0.493 e. The summed E-state index contributed by atoms with van der Waals surface area (Å²) in [5.74, 6) is 1.94. The Labute approximate surface area is 178 Å². The average Bonchev–Trinajstić information content (AvgIpc) is 2.79. The molecule has 7 heteroatoms. The normalized spacial score (nSPS) is 21.3. The van der Waals surface area contributed by atoms with Gasteiger partial charge < -0.3 is 24.3 Å². The number of ether oxygens (including phenoxy) is 4. The van der Waals surface area contributed by atoms with E-state index in [1.807, 2.05) is 37.2 Å². The second kappa shape index (κ2) is 9.78. The van der Waals surface area contributed by atoms with E-state index in [4.69, 9.17) is 18.9 Å². The lowest BCUT2D eigenvalue weighted by atomic mass is 9.99. The van der Waals surface area contributed by atoms with Crippen molar-refractivity contribution in [2.24, 2.45) is 0 Å². The maximum absolute atomic E-state index is 5.77. The highest BCUT2D eigenvalue weighted by atomic mass is 32.2. The van der Waals surface area contributed by atoms with Crippen LogP contribution in [0.1, 0.15) is 24.4 Å². The number of hydrogen-bond acceptors (Lipinski definition) is 7. The maximum atomic E-state index is 5.77. The van der Waals surface area contributed by atoms with Gasteiger partial charge >= 0.3 is 0 Å². The molecule has 1 fully saturated rings. The molecule has 29 heavy (non-hydrogen) atoms. The molecule has 1 aromatic rings. The van der Waals surface area contributed by atoms with Crippen LogP contribution in [-0.2, 0) is 4.74 Å². The molecule has 0 spiro atoms. The maximum Gasteiger partial charge on any atom is 0.203 e. The number of methoxy groups -OCH3 is 4. The summed E-state index contributed by atoms with van der Waals surface area (Å²) in [5.41, 5.74) is 2.37. The van der Waals surface area contributed by atoms with E-state index in [9.17, 15) is 0 Å². The number of hydrogen-bond donors (Lipinski definition) is 1. The molecule has 2 heterocycles. The van der Waals surface area contributed by atoms with Crippen molar-refractivity contribution >= 4 is 11.8 Å². The summed E-state index contributed by atoms with van der Waals surface area (Å²) in [5, 5.41) is 3.42. The molecule has 3 rings (SSSR count). The fraction of sp³-hybridized carbons (Fsp3) is 0.545. The second-order valence-corrected chi connectivity index (χ2v) is 8.43. The second-order valence-electron chi connectivity index (χ2n) is 7.27. The van der Waals surface area contributed by atoms with Crippen molar-refractivity contribution in [2.75, 3.05) is 54.3 Å². The first-order valence-electron chi connectivity index (χ1n) is 9.84. The lowest BCUT2D eigenvalue weighted by Gasteiger charge is -2.40. The van der Waals surface area contributed by atoms with Gasteiger partial charge in [-0.2, -0.15) is 0 Å². The molecule has 0 amide bonds. The van der Waals surface area contributed by atoms with Crippen molar-refractivity contribution in [2.45, 2.75) is 23.8 Å². The number of rotatable bonds is 8. The van der Waals surface area contributed by atoms with E-state index in [0.29, 0.717) is 17.2 Å². The molecule has 0 aliphatic carbocycles. The van der Waals surface area contributed by atoms with E-state index in [1.54, 1.807) is 21.3 Å². The summed E-state index contributed by atoms with van der Waals surface area (Å²) >= 11 is 1.83. The topological polar surface area (TPSA) is 52.2 Å². The molecular weight excluding hydrogens is 388 g/mol. The Bertz CT molecular complexity index is 726. The van der Waals surface area contributed by atoms with Crippen LogP contribution in [0.2, 0.25) is 0 Å². The molecule has 1 atom stereocenters. The Morgan fingerprint density at radius 1 is 1.07 bits per heavy atom. The summed E-state index contributed by atoms with van der Waals surface area (Å²) < 4.78 is 22.2. The highest BCUT2D eigenvalue weighted by molar-refractivity contribution is 7.99. The van der Waals surface area contributed by atoms with Crippen LogP contribution in [0.25, 0.3) is 0 Å². The molecule has 2 aliphatic heterocycles. The quantitative estimate of drug-likeness (QED) is 0.645. The number of nitrogens with one attached hydrogen (secondary N) is 1. The third-order valence-electron chi connectivity index (χ3n) is 5.77. The Hall–Kier alpha value is -1.83. The molecule has 1 saturated heterocycles. The summed E-state index contributed by atoms with van der Waals surface area (Å²) in [7, 11) is 6.73. The molecule has 0 bridgehead atoms. The van der Waals surface area contributed by atoms with Gasteiger partial charge in [0.2, 0.25) is 5.75 Å². The molecule has 160 valence electrons. The zero-order chi connectivity index (χ0) is 20.9. The van der Waals surface area contributed by atoms with E-state index in [0.717, 1.165) is 38.0 Å². The van der Waals surface area contributed by atoms with Crippen LogP contribution in [-0.4, -0.2) is 64.2 Å². The summed E-state index contributed by atoms with van der Waals surface area (Å²) in [4.78, 5) is 2.48. The molecule has 0 aromatic heterocycles. The van der Waals surface area contributed by atoms with E-state index < -0.39 is 0 Å². The third-order valence-corrected chi connectivity index (χ3v) is 7.09. The van der Waals surface area contributed by atoms with E-state index in [2.05, 4.69) is 28.6 Å². The molecule has 0 saturated carbocycles. The Morgan fingerprint density at radius 3 is 2.24 bits per heavy atom. The number of piperidine rings is 1. The van der Waals surface area contributed by atoms with Gasteiger partial charge in [-0.1, -0.05) is 6.08 Å². The van der Waals surface area contributed by atoms with Gasteiger partial charge in [0.15, 0.2) is 11.5 Å². The van der Waals surface area contributed by atoms with Crippen LogP contribution in [0.4, 0.5) is 0 Å². The van der Waals surface area contributed by atoms with Crippen molar-refractivity contribution < 1.29 is 18.9 Å². The number of dihydropyridines is 1. The third kappa shape index (κ3) is 4.85. The van der Waals surface area contributed by atoms with Gasteiger partial charge in [-0.3, -0.25) is 4.90 Å². The molecule has 1 aromatic carbocycles. The minimum absolute atomic E-state index is 0.0203.